The maximum atomic E-state index is 13.6. The topological polar surface area (TPSA) is 97.0 Å². The molecule has 0 bridgehead atoms. The molecule has 3 amide bonds. The number of para-hydroxylation sites is 1. The third-order valence-corrected chi connectivity index (χ3v) is 7.03. The summed E-state index contributed by atoms with van der Waals surface area (Å²) in [5.41, 5.74) is 3.37. The third kappa shape index (κ3) is 9.10. The van der Waals surface area contributed by atoms with Crippen LogP contribution >= 0.6 is 0 Å². The SMILES string of the molecule is CCC[C@H](C(=O)NOC)[C@@H](CC(C)C)C(=O)N[C@H]1CCCCN(Cc2cccc(Oc3ccccc3)c2)C1=O. The van der Waals surface area contributed by atoms with E-state index in [-0.39, 0.29) is 23.6 Å². The van der Waals surface area contributed by atoms with Crippen molar-refractivity contribution >= 4 is 17.7 Å². The van der Waals surface area contributed by atoms with Gasteiger partial charge in [-0.3, -0.25) is 19.2 Å². The second kappa shape index (κ2) is 15.3. The van der Waals surface area contributed by atoms with E-state index in [9.17, 15) is 14.4 Å². The van der Waals surface area contributed by atoms with Crippen LogP contribution in [-0.4, -0.2) is 42.3 Å². The van der Waals surface area contributed by atoms with E-state index in [0.717, 1.165) is 30.6 Å². The van der Waals surface area contributed by atoms with Gasteiger partial charge in [0.1, 0.15) is 17.5 Å². The van der Waals surface area contributed by atoms with Crippen molar-refractivity contribution in [1.82, 2.24) is 15.7 Å². The van der Waals surface area contributed by atoms with Crippen molar-refractivity contribution < 1.29 is 24.0 Å². The molecular weight excluding hydrogens is 494 g/mol. The minimum Gasteiger partial charge on any atom is -0.457 e. The summed E-state index contributed by atoms with van der Waals surface area (Å²) in [5, 5.41) is 3.03. The Morgan fingerprint density at radius 3 is 2.44 bits per heavy atom. The quantitative estimate of drug-likeness (QED) is 0.341. The normalized spacial score (nSPS) is 17.3. The number of carbonyl (C=O) groups excluding carboxylic acids is 3. The molecule has 1 aliphatic heterocycles. The summed E-state index contributed by atoms with van der Waals surface area (Å²) in [5.74, 6) is -0.0379. The highest BCUT2D eigenvalue weighted by Crippen LogP contribution is 2.27. The molecule has 2 N–H and O–H groups in total. The summed E-state index contributed by atoms with van der Waals surface area (Å²) in [6.07, 6.45) is 4.14. The molecule has 212 valence electrons. The van der Waals surface area contributed by atoms with Crippen LogP contribution in [0.25, 0.3) is 0 Å². The third-order valence-electron chi connectivity index (χ3n) is 7.03. The Morgan fingerprint density at radius 2 is 1.74 bits per heavy atom. The summed E-state index contributed by atoms with van der Waals surface area (Å²) in [6.45, 7) is 7.11. The molecule has 1 fully saturated rings. The number of rotatable bonds is 13. The molecule has 2 aromatic carbocycles. The van der Waals surface area contributed by atoms with Crippen molar-refractivity contribution in [3.63, 3.8) is 0 Å². The molecule has 0 spiro atoms. The van der Waals surface area contributed by atoms with E-state index in [2.05, 4.69) is 10.8 Å². The summed E-state index contributed by atoms with van der Waals surface area (Å²) in [7, 11) is 1.39. The number of hydrogen-bond acceptors (Lipinski definition) is 5. The van der Waals surface area contributed by atoms with Gasteiger partial charge in [0.2, 0.25) is 17.7 Å². The summed E-state index contributed by atoms with van der Waals surface area (Å²) in [6, 6.07) is 16.7. The lowest BCUT2D eigenvalue weighted by atomic mass is 9.81. The van der Waals surface area contributed by atoms with Crippen molar-refractivity contribution in [1.29, 1.82) is 0 Å². The Balaban J connectivity index is 1.72. The Hall–Kier alpha value is -3.39. The number of hydroxylamine groups is 1. The van der Waals surface area contributed by atoms with Crippen LogP contribution < -0.4 is 15.5 Å². The fraction of sp³-hybridized carbons (Fsp3) is 0.516. The van der Waals surface area contributed by atoms with Gasteiger partial charge in [-0.2, -0.15) is 0 Å². The highest BCUT2D eigenvalue weighted by molar-refractivity contribution is 5.91. The van der Waals surface area contributed by atoms with Crippen molar-refractivity contribution in [3.8, 4) is 11.5 Å². The number of hydrogen-bond donors (Lipinski definition) is 2. The van der Waals surface area contributed by atoms with Crippen LogP contribution in [0.15, 0.2) is 54.6 Å². The minimum atomic E-state index is -0.619. The zero-order chi connectivity index (χ0) is 28.2. The molecule has 1 heterocycles. The summed E-state index contributed by atoms with van der Waals surface area (Å²) >= 11 is 0. The van der Waals surface area contributed by atoms with E-state index in [1.54, 1.807) is 0 Å². The number of carbonyl (C=O) groups is 3. The fourth-order valence-corrected chi connectivity index (χ4v) is 5.19. The van der Waals surface area contributed by atoms with Crippen LogP contribution in [0.1, 0.15) is 64.9 Å². The van der Waals surface area contributed by atoms with Crippen molar-refractivity contribution in [3.05, 3.63) is 60.2 Å². The monoisotopic (exact) mass is 537 g/mol. The van der Waals surface area contributed by atoms with Crippen LogP contribution in [0, 0.1) is 17.8 Å². The first kappa shape index (κ1) is 30.2. The molecule has 3 atom stereocenters. The number of nitrogens with zero attached hydrogens (tertiary/aromatic N) is 1. The van der Waals surface area contributed by atoms with Crippen LogP contribution in [0.2, 0.25) is 0 Å². The largest absolute Gasteiger partial charge is 0.457 e. The molecular formula is C31H43N3O5. The molecule has 2 aromatic rings. The molecule has 0 aromatic heterocycles. The van der Waals surface area contributed by atoms with Gasteiger partial charge in [-0.25, -0.2) is 5.48 Å². The Bertz CT molecular complexity index is 1070. The van der Waals surface area contributed by atoms with Gasteiger partial charge in [0.25, 0.3) is 0 Å². The molecule has 0 unspecified atom stereocenters. The van der Waals surface area contributed by atoms with E-state index in [0.29, 0.717) is 38.1 Å². The number of amides is 3. The first-order chi connectivity index (χ1) is 18.8. The second-order valence-electron chi connectivity index (χ2n) is 10.7. The maximum Gasteiger partial charge on any atom is 0.247 e. The predicted octanol–water partition coefficient (Wildman–Crippen LogP) is 5.23. The minimum absolute atomic E-state index is 0.0908. The predicted molar refractivity (Wildman–Crippen MR) is 151 cm³/mol. The molecule has 8 nitrogen and oxygen atoms in total. The van der Waals surface area contributed by atoms with Crippen LogP contribution in [0.5, 0.6) is 11.5 Å². The smallest absolute Gasteiger partial charge is 0.247 e. The molecule has 0 aliphatic carbocycles. The van der Waals surface area contributed by atoms with Gasteiger partial charge in [0.05, 0.1) is 13.0 Å². The average molecular weight is 538 g/mol. The van der Waals surface area contributed by atoms with E-state index in [1.165, 1.54) is 7.11 Å². The van der Waals surface area contributed by atoms with Gasteiger partial charge in [-0.1, -0.05) is 57.5 Å². The molecule has 0 radical (unpaired) electrons. The first-order valence-corrected chi connectivity index (χ1v) is 14.1. The van der Waals surface area contributed by atoms with Gasteiger partial charge < -0.3 is 15.0 Å². The van der Waals surface area contributed by atoms with Gasteiger partial charge in [-0.05, 0) is 67.9 Å². The van der Waals surface area contributed by atoms with Gasteiger partial charge >= 0.3 is 0 Å². The molecule has 1 saturated heterocycles. The van der Waals surface area contributed by atoms with Crippen molar-refractivity contribution in [2.75, 3.05) is 13.7 Å². The highest BCUT2D eigenvalue weighted by Gasteiger charge is 2.36. The van der Waals surface area contributed by atoms with Gasteiger partial charge in [0.15, 0.2) is 0 Å². The number of benzene rings is 2. The molecule has 39 heavy (non-hydrogen) atoms. The van der Waals surface area contributed by atoms with Crippen molar-refractivity contribution in [2.24, 2.45) is 17.8 Å². The van der Waals surface area contributed by atoms with Gasteiger partial charge in [0, 0.05) is 19.0 Å². The lowest BCUT2D eigenvalue weighted by molar-refractivity contribution is -0.144. The number of ether oxygens (including phenoxy) is 1. The first-order valence-electron chi connectivity index (χ1n) is 14.1. The number of nitrogens with one attached hydrogen (secondary N) is 2. The Morgan fingerprint density at radius 1 is 1.00 bits per heavy atom. The van der Waals surface area contributed by atoms with Crippen LogP contribution in [0.3, 0.4) is 0 Å². The Kier molecular flexibility index (Phi) is 11.8. The fourth-order valence-electron chi connectivity index (χ4n) is 5.19. The standard InChI is InChI=1S/C31H43N3O5/c1-5-12-26(30(36)33-38-4)27(19-22(2)3)29(35)32-28-17-9-10-18-34(31(28)37)21-23-13-11-16-25(20-23)39-24-14-7-6-8-15-24/h6-8,11,13-16,20,22,26-28H,5,9-10,12,17-19,21H2,1-4H3,(H,32,35)(H,33,36)/t26-,27+,28-/m0/s1. The van der Waals surface area contributed by atoms with E-state index in [4.69, 9.17) is 9.57 Å². The summed E-state index contributed by atoms with van der Waals surface area (Å²) in [4.78, 5) is 46.7. The maximum absolute atomic E-state index is 13.6. The molecule has 8 heteroatoms. The second-order valence-corrected chi connectivity index (χ2v) is 10.7. The average Bonchev–Trinajstić information content (AvgIpc) is 3.08. The number of likely N-dealkylation sites (tertiary alicyclic amines) is 1. The van der Waals surface area contributed by atoms with Gasteiger partial charge in [-0.15, -0.1) is 0 Å². The zero-order valence-corrected chi connectivity index (χ0v) is 23.7. The van der Waals surface area contributed by atoms with Crippen LogP contribution in [-0.2, 0) is 25.8 Å². The van der Waals surface area contributed by atoms with Crippen LogP contribution in [0.4, 0.5) is 0 Å². The summed E-state index contributed by atoms with van der Waals surface area (Å²) < 4.78 is 5.97. The zero-order valence-electron chi connectivity index (χ0n) is 23.7. The van der Waals surface area contributed by atoms with E-state index >= 15 is 0 Å². The lowest BCUT2D eigenvalue weighted by Gasteiger charge is -2.29. The van der Waals surface area contributed by atoms with E-state index in [1.807, 2.05) is 80.3 Å². The van der Waals surface area contributed by atoms with E-state index < -0.39 is 17.9 Å². The highest BCUT2D eigenvalue weighted by atomic mass is 16.6. The molecule has 1 aliphatic rings. The Labute approximate surface area is 232 Å². The lowest BCUT2D eigenvalue weighted by Crippen LogP contribution is -2.51. The molecule has 0 saturated carbocycles. The molecule has 3 rings (SSSR count). The van der Waals surface area contributed by atoms with Crippen molar-refractivity contribution in [2.45, 2.75) is 71.9 Å².